The van der Waals surface area contributed by atoms with E-state index in [0.29, 0.717) is 17.4 Å². The van der Waals surface area contributed by atoms with E-state index in [9.17, 15) is 9.59 Å². The van der Waals surface area contributed by atoms with E-state index in [1.807, 2.05) is 0 Å². The fraction of sp³-hybridized carbons (Fsp3) is 0.640. The minimum atomic E-state index is -1.38. The lowest BCUT2D eigenvalue weighted by Gasteiger charge is -2.40. The molecule has 1 unspecified atom stereocenters. The highest BCUT2D eigenvalue weighted by molar-refractivity contribution is 7.80. The van der Waals surface area contributed by atoms with Crippen LogP contribution in [0.4, 0.5) is 5.69 Å². The number of carbonyl (C=O) groups is 2. The minimum Gasteiger partial charge on any atom is -0.497 e. The Morgan fingerprint density at radius 2 is 1.85 bits per heavy atom. The van der Waals surface area contributed by atoms with Crippen molar-refractivity contribution in [2.45, 2.75) is 71.6 Å². The maximum atomic E-state index is 13.7. The lowest BCUT2D eigenvalue weighted by atomic mass is 9.70. The summed E-state index contributed by atoms with van der Waals surface area (Å²) in [5.41, 5.74) is -0.702. The van der Waals surface area contributed by atoms with E-state index in [-0.39, 0.29) is 28.7 Å². The van der Waals surface area contributed by atoms with Gasteiger partial charge in [0.1, 0.15) is 11.9 Å². The SMILES string of the molecule is CCOC(=O)[C@@H]1N(c2ccc(OC)cc2)C(=S)N[C@]1(C)C(=O)O[C@@H]1CC2CC[C@@]1(C)C2(C)C. The second kappa shape index (κ2) is 8.15. The van der Waals surface area contributed by atoms with Crippen molar-refractivity contribution in [2.24, 2.45) is 16.7 Å². The molecule has 1 aromatic rings. The number of ether oxygens (including phenoxy) is 3. The number of anilines is 1. The van der Waals surface area contributed by atoms with Crippen LogP contribution in [0.2, 0.25) is 0 Å². The van der Waals surface area contributed by atoms with Crippen LogP contribution < -0.4 is 15.0 Å². The van der Waals surface area contributed by atoms with Crippen molar-refractivity contribution in [3.63, 3.8) is 0 Å². The van der Waals surface area contributed by atoms with Crippen molar-refractivity contribution >= 4 is 35.0 Å². The number of benzene rings is 1. The number of thiocarbonyl (C=S) groups is 1. The third-order valence-electron chi connectivity index (χ3n) is 8.64. The maximum Gasteiger partial charge on any atom is 0.334 e. The van der Waals surface area contributed by atoms with Gasteiger partial charge in [-0.3, -0.25) is 0 Å². The summed E-state index contributed by atoms with van der Waals surface area (Å²) in [6.45, 7) is 10.4. The Balaban J connectivity index is 1.65. The molecular formula is C25H34N2O5S. The molecule has 5 atom stereocenters. The standard InChI is InChI=1S/C25H34N2O5S/c1-7-31-20(28)19-25(5,26-22(33)27(19)16-8-10-17(30-6)11-9-16)21(29)32-18-14-15-12-13-24(18,4)23(15,2)3/h8-11,15,18-19H,7,12-14H2,1-6H3,(H,26,33)/t15?,18-,19+,24-,25+/m1/s1. The third kappa shape index (κ3) is 3.49. The molecule has 0 aromatic heterocycles. The zero-order valence-corrected chi connectivity index (χ0v) is 21.1. The minimum absolute atomic E-state index is 0.0854. The number of esters is 2. The van der Waals surface area contributed by atoms with Gasteiger partial charge in [0.15, 0.2) is 16.7 Å². The Hall–Kier alpha value is -2.35. The van der Waals surface area contributed by atoms with Crippen molar-refractivity contribution in [3.05, 3.63) is 24.3 Å². The average Bonchev–Trinajstić information content (AvgIpc) is 3.25. The summed E-state index contributed by atoms with van der Waals surface area (Å²) >= 11 is 5.59. The normalized spacial score (nSPS) is 34.2. The molecule has 2 bridgehead atoms. The molecule has 0 amide bonds. The maximum absolute atomic E-state index is 13.7. The molecule has 8 heteroatoms. The van der Waals surface area contributed by atoms with E-state index < -0.39 is 23.5 Å². The second-order valence-corrected chi connectivity index (χ2v) is 10.7. The molecular weight excluding hydrogens is 440 g/mol. The molecule has 4 rings (SSSR count). The van der Waals surface area contributed by atoms with Gasteiger partial charge in [0.2, 0.25) is 0 Å². The van der Waals surface area contributed by atoms with Crippen LogP contribution in [-0.4, -0.2) is 48.5 Å². The van der Waals surface area contributed by atoms with Crippen molar-refractivity contribution < 1.29 is 23.8 Å². The Bertz CT molecular complexity index is 964. The highest BCUT2D eigenvalue weighted by Gasteiger charge is 2.65. The molecule has 1 N–H and O–H groups in total. The summed E-state index contributed by atoms with van der Waals surface area (Å²) in [5.74, 6) is 0.203. The number of nitrogens with zero attached hydrogens (tertiary/aromatic N) is 1. The summed E-state index contributed by atoms with van der Waals surface area (Å²) < 4.78 is 16.8. The third-order valence-corrected chi connectivity index (χ3v) is 8.94. The predicted octanol–water partition coefficient (Wildman–Crippen LogP) is 3.84. The molecule has 2 saturated carbocycles. The van der Waals surface area contributed by atoms with Gasteiger partial charge in [0.05, 0.1) is 13.7 Å². The van der Waals surface area contributed by atoms with Gasteiger partial charge >= 0.3 is 11.9 Å². The number of fused-ring (bicyclic) bond motifs is 2. The Kier molecular flexibility index (Phi) is 5.88. The zero-order valence-electron chi connectivity index (χ0n) is 20.3. The number of methoxy groups -OCH3 is 1. The Labute approximate surface area is 201 Å². The molecule has 1 aliphatic heterocycles. The smallest absolute Gasteiger partial charge is 0.334 e. The number of rotatable bonds is 6. The largest absolute Gasteiger partial charge is 0.497 e. The summed E-state index contributed by atoms with van der Waals surface area (Å²) in [7, 11) is 1.59. The number of hydrogen-bond donors (Lipinski definition) is 1. The lowest BCUT2D eigenvalue weighted by Crippen LogP contribution is -2.59. The molecule has 7 nitrogen and oxygen atoms in total. The van der Waals surface area contributed by atoms with Crippen LogP contribution in [0.25, 0.3) is 0 Å². The van der Waals surface area contributed by atoms with Crippen LogP contribution in [-0.2, 0) is 19.1 Å². The van der Waals surface area contributed by atoms with Crippen molar-refractivity contribution in [1.82, 2.24) is 5.32 Å². The van der Waals surface area contributed by atoms with Gasteiger partial charge in [-0.15, -0.1) is 0 Å². The molecule has 2 aliphatic carbocycles. The van der Waals surface area contributed by atoms with E-state index in [1.165, 1.54) is 0 Å². The molecule has 1 saturated heterocycles. The highest BCUT2D eigenvalue weighted by atomic mass is 32.1. The number of carbonyl (C=O) groups excluding carboxylic acids is 2. The monoisotopic (exact) mass is 474 g/mol. The Morgan fingerprint density at radius 3 is 2.36 bits per heavy atom. The topological polar surface area (TPSA) is 77.1 Å². The first kappa shape index (κ1) is 23.8. The van der Waals surface area contributed by atoms with Crippen molar-refractivity contribution in [3.8, 4) is 5.75 Å². The molecule has 33 heavy (non-hydrogen) atoms. The molecule has 0 radical (unpaired) electrons. The van der Waals surface area contributed by atoms with Crippen LogP contribution in [0.5, 0.6) is 5.75 Å². The molecule has 1 heterocycles. The van der Waals surface area contributed by atoms with Crippen molar-refractivity contribution in [2.75, 3.05) is 18.6 Å². The lowest BCUT2D eigenvalue weighted by molar-refractivity contribution is -0.167. The van der Waals surface area contributed by atoms with Crippen LogP contribution in [0.15, 0.2) is 24.3 Å². The van der Waals surface area contributed by atoms with Crippen LogP contribution in [0.3, 0.4) is 0 Å². The molecule has 1 aromatic carbocycles. The first-order valence-electron chi connectivity index (χ1n) is 11.6. The first-order valence-corrected chi connectivity index (χ1v) is 12.0. The number of nitrogens with one attached hydrogen (secondary N) is 1. The van der Waals surface area contributed by atoms with Gasteiger partial charge in [-0.2, -0.15) is 0 Å². The fourth-order valence-electron chi connectivity index (χ4n) is 6.02. The molecule has 3 aliphatic rings. The van der Waals surface area contributed by atoms with E-state index in [2.05, 4.69) is 26.1 Å². The van der Waals surface area contributed by atoms with Crippen LogP contribution >= 0.6 is 12.2 Å². The summed E-state index contributed by atoms with van der Waals surface area (Å²) in [5, 5.41) is 3.37. The van der Waals surface area contributed by atoms with Crippen LogP contribution in [0.1, 0.15) is 53.9 Å². The van der Waals surface area contributed by atoms with Gasteiger partial charge in [-0.1, -0.05) is 20.8 Å². The summed E-state index contributed by atoms with van der Waals surface area (Å²) in [4.78, 5) is 28.5. The Morgan fingerprint density at radius 1 is 1.18 bits per heavy atom. The van der Waals surface area contributed by atoms with Crippen LogP contribution in [0, 0.1) is 16.7 Å². The average molecular weight is 475 g/mol. The summed E-state index contributed by atoms with van der Waals surface area (Å²) in [6.07, 6.45) is 2.85. The van der Waals surface area contributed by atoms with E-state index >= 15 is 0 Å². The fourth-order valence-corrected chi connectivity index (χ4v) is 6.44. The van der Waals surface area contributed by atoms with Gasteiger partial charge in [0, 0.05) is 11.1 Å². The molecule has 180 valence electrons. The highest BCUT2D eigenvalue weighted by Crippen LogP contribution is 2.66. The quantitative estimate of drug-likeness (QED) is 0.492. The first-order chi connectivity index (χ1) is 15.5. The predicted molar refractivity (Wildman–Crippen MR) is 129 cm³/mol. The molecule has 0 spiro atoms. The summed E-state index contributed by atoms with van der Waals surface area (Å²) in [6, 6.07) is 6.18. The van der Waals surface area contributed by atoms with Gasteiger partial charge in [0.25, 0.3) is 0 Å². The van der Waals surface area contributed by atoms with E-state index in [4.69, 9.17) is 26.4 Å². The number of hydrogen-bond acceptors (Lipinski definition) is 6. The zero-order chi connectivity index (χ0) is 24.2. The van der Waals surface area contributed by atoms with Gasteiger partial charge in [-0.25, -0.2) is 9.59 Å². The van der Waals surface area contributed by atoms with Crippen molar-refractivity contribution in [1.29, 1.82) is 0 Å². The van der Waals surface area contributed by atoms with Gasteiger partial charge in [-0.05, 0) is 80.9 Å². The molecule has 3 fully saturated rings. The van der Waals surface area contributed by atoms with Gasteiger partial charge < -0.3 is 24.4 Å². The van der Waals surface area contributed by atoms with E-state index in [0.717, 1.165) is 19.3 Å². The second-order valence-electron chi connectivity index (χ2n) is 10.4. The van der Waals surface area contributed by atoms with E-state index in [1.54, 1.807) is 50.1 Å².